The Kier molecular flexibility index (Phi) is 5.85. The van der Waals surface area contributed by atoms with Crippen LogP contribution >= 0.6 is 11.6 Å². The second kappa shape index (κ2) is 7.41. The van der Waals surface area contributed by atoms with Crippen molar-refractivity contribution in [2.24, 2.45) is 0 Å². The zero-order chi connectivity index (χ0) is 14.5. The minimum Gasteiger partial charge on any atom is -0.377 e. The summed E-state index contributed by atoms with van der Waals surface area (Å²) < 4.78 is 11.2. The van der Waals surface area contributed by atoms with Crippen LogP contribution in [0.1, 0.15) is 38.3 Å². The smallest absolute Gasteiger partial charge is 0.0987 e. The maximum atomic E-state index is 5.95. The van der Waals surface area contributed by atoms with E-state index in [4.69, 9.17) is 21.1 Å². The van der Waals surface area contributed by atoms with Gasteiger partial charge in [0.05, 0.1) is 12.2 Å². The fourth-order valence-corrected chi connectivity index (χ4v) is 2.97. The van der Waals surface area contributed by atoms with E-state index in [-0.39, 0.29) is 12.2 Å². The molecule has 1 aromatic carbocycles. The van der Waals surface area contributed by atoms with E-state index >= 15 is 0 Å². The third-order valence-electron chi connectivity index (χ3n) is 4.00. The molecule has 1 aliphatic rings. The van der Waals surface area contributed by atoms with Crippen molar-refractivity contribution >= 4 is 11.6 Å². The first-order chi connectivity index (χ1) is 9.69. The van der Waals surface area contributed by atoms with Gasteiger partial charge in [0.2, 0.25) is 0 Å². The monoisotopic (exact) mass is 297 g/mol. The van der Waals surface area contributed by atoms with E-state index < -0.39 is 0 Å². The van der Waals surface area contributed by atoms with Crippen molar-refractivity contribution in [3.63, 3.8) is 0 Å². The maximum absolute atomic E-state index is 5.95. The summed E-state index contributed by atoms with van der Waals surface area (Å²) in [6.45, 7) is 4.95. The van der Waals surface area contributed by atoms with Gasteiger partial charge in [-0.25, -0.2) is 0 Å². The molecule has 1 fully saturated rings. The lowest BCUT2D eigenvalue weighted by Crippen LogP contribution is -2.60. The number of ether oxygens (including phenoxy) is 2. The van der Waals surface area contributed by atoms with Gasteiger partial charge in [0.15, 0.2) is 0 Å². The molecular weight excluding hydrogens is 274 g/mol. The molecule has 112 valence electrons. The second-order valence-corrected chi connectivity index (χ2v) is 5.65. The summed E-state index contributed by atoms with van der Waals surface area (Å²) in [5.41, 5.74) is 1.27. The number of hydrogen-bond donors (Lipinski definition) is 1. The highest BCUT2D eigenvalue weighted by molar-refractivity contribution is 6.30. The van der Waals surface area contributed by atoms with Gasteiger partial charge in [0.1, 0.15) is 0 Å². The summed E-state index contributed by atoms with van der Waals surface area (Å²) >= 11 is 5.95. The molecular formula is C16H24ClNO2. The standard InChI is InChI=1S/C16H24ClNO2/c1-4-13(11-6-8-12(17)9-7-11)18-14-10-15(20-5-2)16(14)19-3/h6-9,13-16,18H,4-5,10H2,1-3H3. The summed E-state index contributed by atoms with van der Waals surface area (Å²) in [5.74, 6) is 0. The highest BCUT2D eigenvalue weighted by Gasteiger charge is 2.42. The summed E-state index contributed by atoms with van der Waals surface area (Å²) in [7, 11) is 1.76. The molecule has 0 amide bonds. The van der Waals surface area contributed by atoms with Crippen molar-refractivity contribution in [2.75, 3.05) is 13.7 Å². The number of nitrogens with one attached hydrogen (secondary N) is 1. The molecule has 4 atom stereocenters. The number of halogens is 1. The number of rotatable bonds is 7. The lowest BCUT2D eigenvalue weighted by Gasteiger charge is -2.45. The van der Waals surface area contributed by atoms with Gasteiger partial charge in [-0.3, -0.25) is 0 Å². The Bertz CT molecular complexity index is 409. The molecule has 4 unspecified atom stereocenters. The predicted octanol–water partition coefficient (Wildman–Crippen LogP) is 3.57. The van der Waals surface area contributed by atoms with Crippen molar-refractivity contribution in [3.05, 3.63) is 34.9 Å². The first kappa shape index (κ1) is 15.8. The first-order valence-corrected chi connectivity index (χ1v) is 7.73. The third-order valence-corrected chi connectivity index (χ3v) is 4.25. The second-order valence-electron chi connectivity index (χ2n) is 5.22. The number of benzene rings is 1. The Morgan fingerprint density at radius 3 is 2.55 bits per heavy atom. The molecule has 2 rings (SSSR count). The van der Waals surface area contributed by atoms with Crippen molar-refractivity contribution in [1.29, 1.82) is 0 Å². The average molecular weight is 298 g/mol. The van der Waals surface area contributed by atoms with Crippen molar-refractivity contribution in [2.45, 2.75) is 51.0 Å². The van der Waals surface area contributed by atoms with Crippen molar-refractivity contribution < 1.29 is 9.47 Å². The van der Waals surface area contributed by atoms with Crippen LogP contribution in [-0.4, -0.2) is 32.0 Å². The molecule has 0 radical (unpaired) electrons. The van der Waals surface area contributed by atoms with E-state index in [9.17, 15) is 0 Å². The van der Waals surface area contributed by atoms with Crippen LogP contribution < -0.4 is 5.32 Å². The van der Waals surface area contributed by atoms with Crippen molar-refractivity contribution in [1.82, 2.24) is 5.32 Å². The van der Waals surface area contributed by atoms with Crippen LogP contribution in [0.3, 0.4) is 0 Å². The SMILES string of the molecule is CCOC1CC(NC(CC)c2ccc(Cl)cc2)C1OC. The summed E-state index contributed by atoms with van der Waals surface area (Å²) in [4.78, 5) is 0. The number of hydrogen-bond acceptors (Lipinski definition) is 3. The average Bonchev–Trinajstić information content (AvgIpc) is 2.44. The van der Waals surface area contributed by atoms with Gasteiger partial charge >= 0.3 is 0 Å². The van der Waals surface area contributed by atoms with E-state index in [0.717, 1.165) is 24.5 Å². The molecule has 0 aromatic heterocycles. The molecule has 0 spiro atoms. The van der Waals surface area contributed by atoms with Gasteiger partial charge in [-0.2, -0.15) is 0 Å². The van der Waals surface area contributed by atoms with Crippen LogP contribution in [0.25, 0.3) is 0 Å². The minimum atomic E-state index is 0.149. The molecule has 1 saturated carbocycles. The quantitative estimate of drug-likeness (QED) is 0.834. The van der Waals surface area contributed by atoms with Crippen LogP contribution in [0.4, 0.5) is 0 Å². The summed E-state index contributed by atoms with van der Waals surface area (Å²) in [6.07, 6.45) is 2.42. The van der Waals surface area contributed by atoms with Crippen LogP contribution in [0.15, 0.2) is 24.3 Å². The molecule has 1 N–H and O–H groups in total. The fourth-order valence-electron chi connectivity index (χ4n) is 2.84. The van der Waals surface area contributed by atoms with Crippen molar-refractivity contribution in [3.8, 4) is 0 Å². The summed E-state index contributed by atoms with van der Waals surface area (Å²) in [6, 6.07) is 8.75. The zero-order valence-corrected chi connectivity index (χ0v) is 13.2. The molecule has 0 heterocycles. The maximum Gasteiger partial charge on any atom is 0.0987 e. The highest BCUT2D eigenvalue weighted by Crippen LogP contribution is 2.30. The molecule has 3 nitrogen and oxygen atoms in total. The van der Waals surface area contributed by atoms with E-state index in [1.807, 2.05) is 19.1 Å². The molecule has 0 bridgehead atoms. The van der Waals surface area contributed by atoms with E-state index in [2.05, 4.69) is 24.4 Å². The van der Waals surface area contributed by atoms with Gasteiger partial charge in [-0.15, -0.1) is 0 Å². The Morgan fingerprint density at radius 1 is 1.30 bits per heavy atom. The topological polar surface area (TPSA) is 30.5 Å². The lowest BCUT2D eigenvalue weighted by molar-refractivity contribution is -0.133. The van der Waals surface area contributed by atoms with Gasteiger partial charge in [0.25, 0.3) is 0 Å². The molecule has 0 aliphatic heterocycles. The van der Waals surface area contributed by atoms with E-state index in [1.165, 1.54) is 5.56 Å². The van der Waals surface area contributed by atoms with Crippen LogP contribution in [0.2, 0.25) is 5.02 Å². The van der Waals surface area contributed by atoms with E-state index in [0.29, 0.717) is 12.1 Å². The fraction of sp³-hybridized carbons (Fsp3) is 0.625. The molecule has 0 saturated heterocycles. The van der Waals surface area contributed by atoms with Crippen LogP contribution in [-0.2, 0) is 9.47 Å². The van der Waals surface area contributed by atoms with Crippen LogP contribution in [0, 0.1) is 0 Å². The highest BCUT2D eigenvalue weighted by atomic mass is 35.5. The molecule has 1 aliphatic carbocycles. The van der Waals surface area contributed by atoms with E-state index in [1.54, 1.807) is 7.11 Å². The normalized spacial score (nSPS) is 27.1. The van der Waals surface area contributed by atoms with Gasteiger partial charge in [-0.1, -0.05) is 30.7 Å². The lowest BCUT2D eigenvalue weighted by atomic mass is 9.84. The zero-order valence-electron chi connectivity index (χ0n) is 12.4. The van der Waals surface area contributed by atoms with Gasteiger partial charge in [0, 0.05) is 30.8 Å². The molecule has 1 aromatic rings. The Labute approximate surface area is 126 Å². The Hall–Kier alpha value is -0.610. The summed E-state index contributed by atoms with van der Waals surface area (Å²) in [5, 5.41) is 4.46. The number of methoxy groups -OCH3 is 1. The van der Waals surface area contributed by atoms with Gasteiger partial charge < -0.3 is 14.8 Å². The first-order valence-electron chi connectivity index (χ1n) is 7.35. The molecule has 4 heteroatoms. The third kappa shape index (κ3) is 3.53. The van der Waals surface area contributed by atoms with Crippen LogP contribution in [0.5, 0.6) is 0 Å². The minimum absolute atomic E-state index is 0.149. The Balaban J connectivity index is 1.95. The van der Waals surface area contributed by atoms with Gasteiger partial charge in [-0.05, 0) is 37.5 Å². The Morgan fingerprint density at radius 2 is 2.00 bits per heavy atom. The largest absolute Gasteiger partial charge is 0.377 e. The predicted molar refractivity (Wildman–Crippen MR) is 82.2 cm³/mol. The molecule has 20 heavy (non-hydrogen) atoms.